The Balaban J connectivity index is 2.27. The maximum absolute atomic E-state index is 12.3. The molecular formula is C11H16N2OS. The van der Waals surface area contributed by atoms with Gasteiger partial charge in [0.15, 0.2) is 5.78 Å². The zero-order valence-corrected chi connectivity index (χ0v) is 10.0. The molecule has 1 aromatic heterocycles. The van der Waals surface area contributed by atoms with Gasteiger partial charge in [0.25, 0.3) is 0 Å². The van der Waals surface area contributed by atoms with Crippen LogP contribution in [0.1, 0.15) is 37.2 Å². The van der Waals surface area contributed by atoms with Crippen LogP contribution >= 0.6 is 11.8 Å². The lowest BCUT2D eigenvalue weighted by atomic mass is 9.98. The van der Waals surface area contributed by atoms with Gasteiger partial charge in [0, 0.05) is 12.7 Å². The van der Waals surface area contributed by atoms with Crippen LogP contribution in [0.4, 0.5) is 0 Å². The number of hydrogen-bond acceptors (Lipinski definition) is 3. The zero-order valence-electron chi connectivity index (χ0n) is 9.19. The lowest BCUT2D eigenvalue weighted by Gasteiger charge is -2.20. The summed E-state index contributed by atoms with van der Waals surface area (Å²) >= 11 is 1.78. The molecule has 0 saturated carbocycles. The third-order valence-corrected chi connectivity index (χ3v) is 4.47. The monoisotopic (exact) mass is 224 g/mol. The Morgan fingerprint density at radius 3 is 3.13 bits per heavy atom. The van der Waals surface area contributed by atoms with E-state index in [1.165, 1.54) is 0 Å². The van der Waals surface area contributed by atoms with Gasteiger partial charge in [-0.1, -0.05) is 0 Å². The number of carbonyl (C=O) groups is 1. The molecule has 1 aliphatic heterocycles. The highest BCUT2D eigenvalue weighted by Crippen LogP contribution is 2.40. The second-order valence-corrected chi connectivity index (χ2v) is 5.64. The van der Waals surface area contributed by atoms with Crippen LogP contribution in [0.5, 0.6) is 0 Å². The predicted molar refractivity (Wildman–Crippen MR) is 62.3 cm³/mol. The summed E-state index contributed by atoms with van der Waals surface area (Å²) in [5.74, 6) is 1.34. The Labute approximate surface area is 94.2 Å². The van der Waals surface area contributed by atoms with Crippen molar-refractivity contribution in [3.8, 4) is 0 Å². The molecule has 0 spiro atoms. The van der Waals surface area contributed by atoms with Gasteiger partial charge < -0.3 is 0 Å². The molecule has 2 rings (SSSR count). The van der Waals surface area contributed by atoms with E-state index in [2.05, 4.69) is 12.0 Å². The highest BCUT2D eigenvalue weighted by molar-refractivity contribution is 8.01. The van der Waals surface area contributed by atoms with Gasteiger partial charge in [-0.05, 0) is 38.5 Å². The third kappa shape index (κ3) is 1.83. The molecule has 2 heterocycles. The Morgan fingerprint density at radius 2 is 2.53 bits per heavy atom. The minimum absolute atomic E-state index is 0.215. The van der Waals surface area contributed by atoms with Crippen molar-refractivity contribution in [1.82, 2.24) is 9.78 Å². The smallest absolute Gasteiger partial charge is 0.196 e. The van der Waals surface area contributed by atoms with Crippen LogP contribution in [0.15, 0.2) is 12.3 Å². The van der Waals surface area contributed by atoms with Crippen molar-refractivity contribution >= 4 is 17.5 Å². The Bertz CT molecular complexity index is 366. The van der Waals surface area contributed by atoms with Crippen molar-refractivity contribution in [2.75, 3.05) is 5.75 Å². The molecule has 0 amide bonds. The molecular weight excluding hydrogens is 208 g/mol. The summed E-state index contributed by atoms with van der Waals surface area (Å²) in [5, 5.41) is 4.14. The van der Waals surface area contributed by atoms with Crippen LogP contribution in [0, 0.1) is 0 Å². The van der Waals surface area contributed by atoms with E-state index < -0.39 is 0 Å². The third-order valence-electron chi connectivity index (χ3n) is 2.95. The fraction of sp³-hybridized carbons (Fsp3) is 0.636. The SMILES string of the molecule is CCn1nccc1C(=O)C1(C)CCCS1. The van der Waals surface area contributed by atoms with Crippen LogP contribution in [-0.4, -0.2) is 26.1 Å². The average molecular weight is 224 g/mol. The van der Waals surface area contributed by atoms with E-state index in [0.29, 0.717) is 0 Å². The molecule has 0 bridgehead atoms. The van der Waals surface area contributed by atoms with E-state index in [1.54, 1.807) is 22.6 Å². The molecule has 1 fully saturated rings. The van der Waals surface area contributed by atoms with Gasteiger partial charge in [0.05, 0.1) is 4.75 Å². The fourth-order valence-corrected chi connectivity index (χ4v) is 3.27. The summed E-state index contributed by atoms with van der Waals surface area (Å²) in [6.45, 7) is 4.82. The highest BCUT2D eigenvalue weighted by atomic mass is 32.2. The number of Topliss-reactive ketones (excluding diaryl/α,β-unsaturated/α-hetero) is 1. The molecule has 1 saturated heterocycles. The van der Waals surface area contributed by atoms with Crippen LogP contribution in [-0.2, 0) is 6.54 Å². The summed E-state index contributed by atoms with van der Waals surface area (Å²) < 4.78 is 1.57. The molecule has 0 radical (unpaired) electrons. The first-order valence-electron chi connectivity index (χ1n) is 5.38. The number of thioether (sulfide) groups is 1. The molecule has 82 valence electrons. The Kier molecular flexibility index (Phi) is 2.87. The lowest BCUT2D eigenvalue weighted by Crippen LogP contribution is -2.30. The molecule has 4 heteroatoms. The van der Waals surface area contributed by atoms with Crippen molar-refractivity contribution in [3.63, 3.8) is 0 Å². The number of aryl methyl sites for hydroxylation is 1. The predicted octanol–water partition coefficient (Wildman–Crippen LogP) is 2.37. The zero-order chi connectivity index (χ0) is 10.9. The van der Waals surface area contributed by atoms with E-state index in [9.17, 15) is 4.79 Å². The van der Waals surface area contributed by atoms with Gasteiger partial charge >= 0.3 is 0 Å². The topological polar surface area (TPSA) is 34.9 Å². The summed E-state index contributed by atoms with van der Waals surface area (Å²) in [7, 11) is 0. The van der Waals surface area contributed by atoms with Crippen molar-refractivity contribution in [2.45, 2.75) is 38.0 Å². The van der Waals surface area contributed by atoms with Crippen molar-refractivity contribution in [3.05, 3.63) is 18.0 Å². The number of aromatic nitrogens is 2. The van der Waals surface area contributed by atoms with Gasteiger partial charge in [-0.15, -0.1) is 11.8 Å². The first-order valence-corrected chi connectivity index (χ1v) is 6.36. The number of rotatable bonds is 3. The molecule has 1 aliphatic rings. The van der Waals surface area contributed by atoms with Crippen LogP contribution in [0.25, 0.3) is 0 Å². The molecule has 1 atom stereocenters. The van der Waals surface area contributed by atoms with Gasteiger partial charge in [0.2, 0.25) is 0 Å². The van der Waals surface area contributed by atoms with E-state index >= 15 is 0 Å². The van der Waals surface area contributed by atoms with Gasteiger partial charge in [-0.25, -0.2) is 0 Å². The number of nitrogens with zero attached hydrogens (tertiary/aromatic N) is 2. The average Bonchev–Trinajstić information content (AvgIpc) is 2.85. The largest absolute Gasteiger partial charge is 0.291 e. The van der Waals surface area contributed by atoms with Gasteiger partial charge in [-0.2, -0.15) is 5.10 Å². The lowest BCUT2D eigenvalue weighted by molar-refractivity contribution is 0.0938. The van der Waals surface area contributed by atoms with E-state index in [-0.39, 0.29) is 10.5 Å². The van der Waals surface area contributed by atoms with E-state index in [0.717, 1.165) is 30.8 Å². The summed E-state index contributed by atoms with van der Waals surface area (Å²) in [6, 6.07) is 1.83. The maximum Gasteiger partial charge on any atom is 0.196 e. The molecule has 0 aliphatic carbocycles. The number of ketones is 1. The van der Waals surface area contributed by atoms with Crippen LogP contribution in [0.3, 0.4) is 0 Å². The minimum Gasteiger partial charge on any atom is -0.291 e. The molecule has 0 aromatic carbocycles. The Morgan fingerprint density at radius 1 is 1.73 bits per heavy atom. The standard InChI is InChI=1S/C11H16N2OS/c1-3-13-9(5-7-12-13)10(14)11(2)6-4-8-15-11/h5,7H,3-4,6,8H2,1-2H3. The number of carbonyl (C=O) groups excluding carboxylic acids is 1. The number of hydrogen-bond donors (Lipinski definition) is 0. The van der Waals surface area contributed by atoms with Crippen molar-refractivity contribution in [1.29, 1.82) is 0 Å². The Hall–Kier alpha value is -0.770. The van der Waals surface area contributed by atoms with Crippen molar-refractivity contribution in [2.24, 2.45) is 0 Å². The second-order valence-electron chi connectivity index (χ2n) is 4.04. The van der Waals surface area contributed by atoms with Crippen LogP contribution in [0.2, 0.25) is 0 Å². The summed E-state index contributed by atoms with van der Waals surface area (Å²) in [5.41, 5.74) is 0.759. The molecule has 15 heavy (non-hydrogen) atoms. The van der Waals surface area contributed by atoms with E-state index in [1.807, 2.05) is 13.0 Å². The van der Waals surface area contributed by atoms with Crippen LogP contribution < -0.4 is 0 Å². The summed E-state index contributed by atoms with van der Waals surface area (Å²) in [4.78, 5) is 12.3. The molecule has 3 nitrogen and oxygen atoms in total. The summed E-state index contributed by atoms with van der Waals surface area (Å²) in [6.07, 6.45) is 3.85. The fourth-order valence-electron chi connectivity index (χ4n) is 2.01. The van der Waals surface area contributed by atoms with Gasteiger partial charge in [-0.3, -0.25) is 9.48 Å². The normalized spacial score (nSPS) is 25.7. The first kappa shape index (κ1) is 10.7. The molecule has 1 unspecified atom stereocenters. The highest BCUT2D eigenvalue weighted by Gasteiger charge is 2.38. The van der Waals surface area contributed by atoms with Crippen molar-refractivity contribution < 1.29 is 4.79 Å². The molecule has 0 N–H and O–H groups in total. The minimum atomic E-state index is -0.215. The molecule has 1 aromatic rings. The second kappa shape index (κ2) is 4.00. The quantitative estimate of drug-likeness (QED) is 0.739. The van der Waals surface area contributed by atoms with Gasteiger partial charge in [0.1, 0.15) is 5.69 Å². The maximum atomic E-state index is 12.3. The van der Waals surface area contributed by atoms with E-state index in [4.69, 9.17) is 0 Å². The first-order chi connectivity index (χ1) is 7.17.